The Morgan fingerprint density at radius 2 is 1.89 bits per heavy atom. The third kappa shape index (κ3) is 4.37. The van der Waals surface area contributed by atoms with Crippen LogP contribution < -0.4 is 10.6 Å². The number of benzene rings is 2. The van der Waals surface area contributed by atoms with E-state index in [1.54, 1.807) is 24.3 Å². The van der Waals surface area contributed by atoms with Crippen LogP contribution in [-0.4, -0.2) is 6.03 Å². The zero-order valence-electron chi connectivity index (χ0n) is 9.99. The van der Waals surface area contributed by atoms with E-state index in [4.69, 9.17) is 0 Å². The van der Waals surface area contributed by atoms with Crippen LogP contribution in [0.2, 0.25) is 0 Å². The first-order chi connectivity index (χ1) is 9.13. The molecular formula is C14H12BrFN2O. The second-order valence-electron chi connectivity index (χ2n) is 3.94. The Kier molecular flexibility index (Phi) is 4.52. The summed E-state index contributed by atoms with van der Waals surface area (Å²) in [7, 11) is 0. The van der Waals surface area contributed by atoms with E-state index in [0.717, 1.165) is 10.0 Å². The molecule has 2 N–H and O–H groups in total. The van der Waals surface area contributed by atoms with E-state index in [1.807, 2.05) is 12.1 Å². The van der Waals surface area contributed by atoms with Gasteiger partial charge in [0.15, 0.2) is 0 Å². The van der Waals surface area contributed by atoms with E-state index in [2.05, 4.69) is 26.6 Å². The Labute approximate surface area is 119 Å². The minimum Gasteiger partial charge on any atom is -0.334 e. The highest BCUT2D eigenvalue weighted by Gasteiger charge is 2.02. The van der Waals surface area contributed by atoms with E-state index in [9.17, 15) is 9.18 Å². The summed E-state index contributed by atoms with van der Waals surface area (Å²) in [6.45, 7) is 0.347. The molecule has 0 aromatic heterocycles. The summed E-state index contributed by atoms with van der Waals surface area (Å²) < 4.78 is 13.6. The Morgan fingerprint density at radius 1 is 1.16 bits per heavy atom. The molecule has 0 saturated carbocycles. The van der Waals surface area contributed by atoms with Gasteiger partial charge in [0, 0.05) is 16.7 Å². The Balaban J connectivity index is 1.86. The highest BCUT2D eigenvalue weighted by molar-refractivity contribution is 9.10. The number of anilines is 1. The van der Waals surface area contributed by atoms with Gasteiger partial charge >= 0.3 is 6.03 Å². The number of hydrogen-bond acceptors (Lipinski definition) is 1. The number of rotatable bonds is 3. The fourth-order valence-corrected chi connectivity index (χ4v) is 1.93. The minimum atomic E-state index is -0.303. The molecule has 0 unspecified atom stereocenters. The number of carbonyl (C=O) groups excluding carboxylic acids is 1. The van der Waals surface area contributed by atoms with Crippen LogP contribution >= 0.6 is 15.9 Å². The Bertz CT molecular complexity index is 572. The monoisotopic (exact) mass is 322 g/mol. The van der Waals surface area contributed by atoms with Gasteiger partial charge in [-0.25, -0.2) is 9.18 Å². The summed E-state index contributed by atoms with van der Waals surface area (Å²) in [6, 6.07) is 13.0. The largest absolute Gasteiger partial charge is 0.334 e. The van der Waals surface area contributed by atoms with Gasteiger partial charge in [-0.1, -0.05) is 34.1 Å². The fraction of sp³-hybridized carbons (Fsp3) is 0.0714. The molecule has 5 heteroatoms. The highest BCUT2D eigenvalue weighted by Crippen LogP contribution is 2.15. The van der Waals surface area contributed by atoms with Gasteiger partial charge in [0.1, 0.15) is 5.82 Å². The summed E-state index contributed by atoms with van der Waals surface area (Å²) in [5, 5.41) is 5.41. The van der Waals surface area contributed by atoms with Gasteiger partial charge in [-0.05, 0) is 35.9 Å². The van der Waals surface area contributed by atoms with E-state index in [-0.39, 0.29) is 11.8 Å². The predicted molar refractivity (Wildman–Crippen MR) is 76.4 cm³/mol. The van der Waals surface area contributed by atoms with Gasteiger partial charge in [0.25, 0.3) is 0 Å². The van der Waals surface area contributed by atoms with Crippen molar-refractivity contribution < 1.29 is 9.18 Å². The second kappa shape index (κ2) is 6.33. The van der Waals surface area contributed by atoms with Crippen LogP contribution in [0.25, 0.3) is 0 Å². The van der Waals surface area contributed by atoms with Gasteiger partial charge in [-0.3, -0.25) is 0 Å². The highest BCUT2D eigenvalue weighted by atomic mass is 79.9. The van der Waals surface area contributed by atoms with Crippen LogP contribution in [0.4, 0.5) is 14.9 Å². The lowest BCUT2D eigenvalue weighted by Gasteiger charge is -2.08. The van der Waals surface area contributed by atoms with E-state index in [0.29, 0.717) is 12.2 Å². The van der Waals surface area contributed by atoms with Crippen LogP contribution in [0.1, 0.15) is 5.56 Å². The average Bonchev–Trinajstić information content (AvgIpc) is 2.38. The molecule has 0 aliphatic heterocycles. The summed E-state index contributed by atoms with van der Waals surface area (Å²) in [5.74, 6) is -0.290. The smallest absolute Gasteiger partial charge is 0.319 e. The van der Waals surface area contributed by atoms with Gasteiger partial charge in [0.05, 0.1) is 0 Å². The Hall–Kier alpha value is -1.88. The molecule has 0 spiro atoms. The molecule has 0 saturated heterocycles. The summed E-state index contributed by atoms with van der Waals surface area (Å²) in [6.07, 6.45) is 0. The van der Waals surface area contributed by atoms with Gasteiger partial charge in [-0.2, -0.15) is 0 Å². The maximum absolute atomic E-state index is 12.7. The number of carbonyl (C=O) groups is 1. The zero-order chi connectivity index (χ0) is 13.7. The molecule has 3 nitrogen and oxygen atoms in total. The lowest BCUT2D eigenvalue weighted by Crippen LogP contribution is -2.28. The second-order valence-corrected chi connectivity index (χ2v) is 4.86. The molecule has 19 heavy (non-hydrogen) atoms. The lowest BCUT2D eigenvalue weighted by atomic mass is 10.2. The number of halogens is 2. The summed E-state index contributed by atoms with van der Waals surface area (Å²) >= 11 is 3.33. The number of hydrogen-bond donors (Lipinski definition) is 2. The van der Waals surface area contributed by atoms with Crippen LogP contribution in [0, 0.1) is 5.82 Å². The summed E-state index contributed by atoms with van der Waals surface area (Å²) in [4.78, 5) is 11.7. The van der Waals surface area contributed by atoms with Crippen molar-refractivity contribution in [1.82, 2.24) is 5.32 Å². The van der Waals surface area contributed by atoms with E-state index < -0.39 is 0 Å². The van der Waals surface area contributed by atoms with Crippen LogP contribution in [0.5, 0.6) is 0 Å². The van der Waals surface area contributed by atoms with Gasteiger partial charge < -0.3 is 10.6 Å². The molecule has 0 bridgehead atoms. The van der Waals surface area contributed by atoms with Gasteiger partial charge in [-0.15, -0.1) is 0 Å². The third-order valence-corrected chi connectivity index (χ3v) is 2.94. The standard InChI is InChI=1S/C14H12BrFN2O/c15-11-2-1-3-13(8-11)18-14(19)17-9-10-4-6-12(16)7-5-10/h1-8H,9H2,(H2,17,18,19). The van der Waals surface area contributed by atoms with Crippen molar-refractivity contribution in [2.24, 2.45) is 0 Å². The van der Waals surface area contributed by atoms with Crippen LogP contribution in [0.15, 0.2) is 53.0 Å². The maximum Gasteiger partial charge on any atom is 0.319 e. The number of urea groups is 1. The molecule has 98 valence electrons. The molecule has 0 heterocycles. The van der Waals surface area contributed by atoms with Crippen LogP contribution in [0.3, 0.4) is 0 Å². The van der Waals surface area contributed by atoms with Crippen molar-refractivity contribution in [2.45, 2.75) is 6.54 Å². The summed E-state index contributed by atoms with van der Waals surface area (Å²) in [5.41, 5.74) is 1.54. The molecule has 0 aliphatic rings. The molecule has 2 rings (SSSR count). The first-order valence-electron chi connectivity index (χ1n) is 5.68. The maximum atomic E-state index is 12.7. The van der Waals surface area contributed by atoms with E-state index in [1.165, 1.54) is 12.1 Å². The van der Waals surface area contributed by atoms with Crippen molar-refractivity contribution in [1.29, 1.82) is 0 Å². The van der Waals surface area contributed by atoms with Crippen molar-refractivity contribution in [3.63, 3.8) is 0 Å². The molecular weight excluding hydrogens is 311 g/mol. The van der Waals surface area contributed by atoms with Gasteiger partial charge in [0.2, 0.25) is 0 Å². The molecule has 0 fully saturated rings. The average molecular weight is 323 g/mol. The molecule has 2 aromatic rings. The molecule has 0 atom stereocenters. The predicted octanol–water partition coefficient (Wildman–Crippen LogP) is 3.91. The molecule has 0 aliphatic carbocycles. The Morgan fingerprint density at radius 3 is 2.58 bits per heavy atom. The zero-order valence-corrected chi connectivity index (χ0v) is 11.6. The van der Waals surface area contributed by atoms with Crippen molar-refractivity contribution in [3.8, 4) is 0 Å². The molecule has 2 aromatic carbocycles. The van der Waals surface area contributed by atoms with E-state index >= 15 is 0 Å². The minimum absolute atomic E-state index is 0.290. The number of amides is 2. The first kappa shape index (κ1) is 13.5. The quantitative estimate of drug-likeness (QED) is 0.883. The molecule has 2 amide bonds. The van der Waals surface area contributed by atoms with Crippen molar-refractivity contribution in [2.75, 3.05) is 5.32 Å². The fourth-order valence-electron chi connectivity index (χ4n) is 1.53. The molecule has 0 radical (unpaired) electrons. The normalized spacial score (nSPS) is 10.0. The third-order valence-electron chi connectivity index (χ3n) is 2.45. The topological polar surface area (TPSA) is 41.1 Å². The lowest BCUT2D eigenvalue weighted by molar-refractivity contribution is 0.251. The van der Waals surface area contributed by atoms with Crippen LogP contribution in [-0.2, 0) is 6.54 Å². The first-order valence-corrected chi connectivity index (χ1v) is 6.47. The van der Waals surface area contributed by atoms with Crippen molar-refractivity contribution >= 4 is 27.6 Å². The number of nitrogens with one attached hydrogen (secondary N) is 2. The SMILES string of the molecule is O=C(NCc1ccc(F)cc1)Nc1cccc(Br)c1. The van der Waals surface area contributed by atoms with Crippen molar-refractivity contribution in [3.05, 3.63) is 64.4 Å².